The second-order valence-corrected chi connectivity index (χ2v) is 3.85. The van der Waals surface area contributed by atoms with Crippen LogP contribution in [-0.2, 0) is 4.74 Å². The number of nitrogens with one attached hydrogen (secondary N) is 2. The Balaban J connectivity index is 0.00000172. The third kappa shape index (κ3) is 6.89. The topological polar surface area (TPSA) is 59.1 Å². The molecule has 0 atom stereocenters. The highest BCUT2D eigenvalue weighted by molar-refractivity contribution is 5.48. The van der Waals surface area contributed by atoms with Crippen molar-refractivity contribution in [2.45, 2.75) is 27.2 Å². The molecular weight excluding hydrogens is 252 g/mol. The van der Waals surface area contributed by atoms with Gasteiger partial charge in [0.1, 0.15) is 5.82 Å². The maximum Gasteiger partial charge on any atom is 0.229 e. The fourth-order valence-corrected chi connectivity index (χ4v) is 1.30. The van der Waals surface area contributed by atoms with Gasteiger partial charge in [-0.15, -0.1) is 0 Å². The van der Waals surface area contributed by atoms with Gasteiger partial charge < -0.3 is 15.4 Å². The molecule has 5 heteroatoms. The Bertz CT molecular complexity index is 418. The van der Waals surface area contributed by atoms with Crippen LogP contribution in [0.5, 0.6) is 0 Å². The second-order valence-electron chi connectivity index (χ2n) is 3.85. The van der Waals surface area contributed by atoms with Gasteiger partial charge in [-0.3, -0.25) is 0 Å². The summed E-state index contributed by atoms with van der Waals surface area (Å²) >= 11 is 0. The summed E-state index contributed by atoms with van der Waals surface area (Å²) in [5.41, 5.74) is 1.67. The van der Waals surface area contributed by atoms with E-state index in [0.29, 0.717) is 11.6 Å². The summed E-state index contributed by atoms with van der Waals surface area (Å²) in [5, 5.41) is 6.21. The quantitative estimate of drug-likeness (QED) is 0.564. The molecule has 112 valence electrons. The van der Waals surface area contributed by atoms with Gasteiger partial charge in [-0.05, 0) is 19.4 Å². The van der Waals surface area contributed by atoms with Crippen molar-refractivity contribution in [2.75, 3.05) is 30.9 Å². The van der Waals surface area contributed by atoms with Crippen LogP contribution in [0.1, 0.15) is 25.8 Å². The van der Waals surface area contributed by atoms with Crippen LogP contribution in [0.2, 0.25) is 0 Å². The SMILES string of the molecule is C=CC(=C)Nc1ncc(C)c(NCCCOC)n1.CC. The molecule has 0 unspecified atom stereocenters. The fourth-order valence-electron chi connectivity index (χ4n) is 1.30. The normalized spacial score (nSPS) is 9.20. The van der Waals surface area contributed by atoms with Gasteiger partial charge in [0.2, 0.25) is 5.95 Å². The van der Waals surface area contributed by atoms with Crippen LogP contribution < -0.4 is 10.6 Å². The molecule has 0 aliphatic carbocycles. The highest BCUT2D eigenvalue weighted by Crippen LogP contribution is 2.13. The van der Waals surface area contributed by atoms with Crippen LogP contribution in [0.15, 0.2) is 31.1 Å². The Kier molecular flexibility index (Phi) is 9.96. The molecule has 0 saturated heterocycles. The van der Waals surface area contributed by atoms with Gasteiger partial charge in [0.05, 0.1) is 0 Å². The van der Waals surface area contributed by atoms with Crippen LogP contribution >= 0.6 is 0 Å². The maximum atomic E-state index is 4.99. The van der Waals surface area contributed by atoms with Crippen molar-refractivity contribution in [3.63, 3.8) is 0 Å². The Hall–Kier alpha value is -1.88. The van der Waals surface area contributed by atoms with E-state index in [9.17, 15) is 0 Å². The molecule has 20 heavy (non-hydrogen) atoms. The summed E-state index contributed by atoms with van der Waals surface area (Å²) in [7, 11) is 1.69. The molecule has 2 N–H and O–H groups in total. The summed E-state index contributed by atoms with van der Waals surface area (Å²) < 4.78 is 4.99. The van der Waals surface area contributed by atoms with E-state index >= 15 is 0 Å². The standard InChI is InChI=1S/C13H20N4O.C2H6/c1-5-11(3)16-13-15-9-10(2)12(17-13)14-7-6-8-18-4;1-2/h5,9H,1,3,6-8H2,2,4H3,(H2,14,15,16,17);1-2H3. The van der Waals surface area contributed by atoms with Crippen molar-refractivity contribution < 1.29 is 4.74 Å². The monoisotopic (exact) mass is 278 g/mol. The Morgan fingerprint density at radius 1 is 1.45 bits per heavy atom. The summed E-state index contributed by atoms with van der Waals surface area (Å²) in [4.78, 5) is 8.55. The minimum absolute atomic E-state index is 0.514. The predicted molar refractivity (Wildman–Crippen MR) is 86.1 cm³/mol. The Morgan fingerprint density at radius 3 is 2.75 bits per heavy atom. The highest BCUT2D eigenvalue weighted by Gasteiger charge is 2.03. The highest BCUT2D eigenvalue weighted by atomic mass is 16.5. The molecular formula is C15H26N4O. The lowest BCUT2D eigenvalue weighted by molar-refractivity contribution is 0.197. The van der Waals surface area contributed by atoms with Gasteiger partial charge >= 0.3 is 0 Å². The van der Waals surface area contributed by atoms with E-state index in [1.807, 2.05) is 20.8 Å². The molecule has 0 spiro atoms. The minimum Gasteiger partial charge on any atom is -0.385 e. The molecule has 1 aromatic heterocycles. The number of ether oxygens (including phenoxy) is 1. The average Bonchev–Trinajstić information content (AvgIpc) is 2.48. The first-order valence-corrected chi connectivity index (χ1v) is 6.82. The third-order valence-corrected chi connectivity index (χ3v) is 2.31. The number of methoxy groups -OCH3 is 1. The largest absolute Gasteiger partial charge is 0.385 e. The van der Waals surface area contributed by atoms with Crippen molar-refractivity contribution in [3.8, 4) is 0 Å². The molecule has 0 radical (unpaired) electrons. The number of anilines is 2. The number of hydrogen-bond acceptors (Lipinski definition) is 5. The number of allylic oxidation sites excluding steroid dienone is 1. The molecule has 1 aromatic rings. The van der Waals surface area contributed by atoms with Gasteiger partial charge in [-0.25, -0.2) is 4.98 Å². The van der Waals surface area contributed by atoms with Crippen LogP contribution in [0.25, 0.3) is 0 Å². The fraction of sp³-hybridized carbons (Fsp3) is 0.467. The van der Waals surface area contributed by atoms with Crippen molar-refractivity contribution >= 4 is 11.8 Å². The summed E-state index contributed by atoms with van der Waals surface area (Å²) in [6, 6.07) is 0. The lowest BCUT2D eigenvalue weighted by Gasteiger charge is -2.10. The lowest BCUT2D eigenvalue weighted by atomic mass is 10.3. The molecule has 0 aromatic carbocycles. The zero-order valence-electron chi connectivity index (χ0n) is 13.0. The molecule has 0 aliphatic heterocycles. The van der Waals surface area contributed by atoms with E-state index < -0.39 is 0 Å². The van der Waals surface area contributed by atoms with Crippen LogP contribution in [0.4, 0.5) is 11.8 Å². The van der Waals surface area contributed by atoms with Crippen LogP contribution in [0.3, 0.4) is 0 Å². The van der Waals surface area contributed by atoms with Gasteiger partial charge in [0.15, 0.2) is 0 Å². The number of nitrogens with zero attached hydrogens (tertiary/aromatic N) is 2. The van der Waals surface area contributed by atoms with E-state index in [0.717, 1.165) is 31.0 Å². The van der Waals surface area contributed by atoms with Crippen molar-refractivity contribution in [3.05, 3.63) is 36.7 Å². The molecule has 0 amide bonds. The molecule has 5 nitrogen and oxygen atoms in total. The first-order chi connectivity index (χ1) is 9.67. The van der Waals surface area contributed by atoms with Gasteiger partial charge in [-0.2, -0.15) is 4.98 Å². The first kappa shape index (κ1) is 18.1. The van der Waals surface area contributed by atoms with Crippen molar-refractivity contribution in [1.82, 2.24) is 9.97 Å². The van der Waals surface area contributed by atoms with E-state index in [-0.39, 0.29) is 0 Å². The van der Waals surface area contributed by atoms with Crippen LogP contribution in [-0.4, -0.2) is 30.2 Å². The smallest absolute Gasteiger partial charge is 0.229 e. The van der Waals surface area contributed by atoms with E-state index in [2.05, 4.69) is 33.8 Å². The summed E-state index contributed by atoms with van der Waals surface area (Å²) in [5.74, 6) is 1.33. The van der Waals surface area contributed by atoms with Crippen molar-refractivity contribution in [2.24, 2.45) is 0 Å². The number of aryl methyl sites for hydroxylation is 1. The summed E-state index contributed by atoms with van der Waals surface area (Å²) in [6.07, 6.45) is 4.32. The number of rotatable bonds is 8. The van der Waals surface area contributed by atoms with Crippen molar-refractivity contribution in [1.29, 1.82) is 0 Å². The maximum absolute atomic E-state index is 4.99. The number of hydrogen-bond donors (Lipinski definition) is 2. The summed E-state index contributed by atoms with van der Waals surface area (Å²) in [6.45, 7) is 14.9. The molecule has 0 bridgehead atoms. The van der Waals surface area contributed by atoms with Gasteiger partial charge in [0, 0.05) is 37.7 Å². The zero-order valence-corrected chi connectivity index (χ0v) is 13.0. The zero-order chi connectivity index (χ0) is 15.4. The van der Waals surface area contributed by atoms with Gasteiger partial charge in [-0.1, -0.05) is 27.0 Å². The molecule has 0 aliphatic rings. The predicted octanol–water partition coefficient (Wildman–Crippen LogP) is 3.37. The second kappa shape index (κ2) is 11.0. The average molecular weight is 278 g/mol. The lowest BCUT2D eigenvalue weighted by Crippen LogP contribution is -2.09. The van der Waals surface area contributed by atoms with E-state index in [1.54, 1.807) is 19.4 Å². The van der Waals surface area contributed by atoms with E-state index in [1.165, 1.54) is 0 Å². The Morgan fingerprint density at radius 2 is 2.15 bits per heavy atom. The molecule has 0 fully saturated rings. The van der Waals surface area contributed by atoms with E-state index in [4.69, 9.17) is 4.74 Å². The Labute approximate surface area is 122 Å². The minimum atomic E-state index is 0.514. The molecule has 1 heterocycles. The number of aromatic nitrogens is 2. The van der Waals surface area contributed by atoms with Crippen LogP contribution in [0, 0.1) is 6.92 Å². The first-order valence-electron chi connectivity index (χ1n) is 6.82. The molecule has 0 saturated carbocycles. The van der Waals surface area contributed by atoms with Gasteiger partial charge in [0.25, 0.3) is 0 Å². The molecule has 1 rings (SSSR count). The third-order valence-electron chi connectivity index (χ3n) is 2.31.